The summed E-state index contributed by atoms with van der Waals surface area (Å²) >= 11 is 0. The molecular formula is C25H25N3O3. The topological polar surface area (TPSA) is 64.9 Å². The Hall–Kier alpha value is -3.80. The molecular weight excluding hydrogens is 390 g/mol. The van der Waals surface area contributed by atoms with Crippen LogP contribution in [0.15, 0.2) is 72.9 Å². The number of rotatable bonds is 7. The van der Waals surface area contributed by atoms with Crippen LogP contribution in [0.4, 0.5) is 5.69 Å². The van der Waals surface area contributed by atoms with Crippen LogP contribution in [-0.4, -0.2) is 29.1 Å². The molecule has 4 rings (SSSR count). The molecule has 0 aliphatic carbocycles. The van der Waals surface area contributed by atoms with Crippen LogP contribution in [0.2, 0.25) is 0 Å². The van der Waals surface area contributed by atoms with E-state index >= 15 is 0 Å². The van der Waals surface area contributed by atoms with Crippen molar-refractivity contribution in [3.8, 4) is 17.0 Å². The maximum absolute atomic E-state index is 13.1. The second-order valence-electron chi connectivity index (χ2n) is 7.20. The molecule has 6 heteroatoms. The largest absolute Gasteiger partial charge is 0.497 e. The minimum Gasteiger partial charge on any atom is -0.497 e. The number of benzene rings is 2. The molecule has 6 nitrogen and oxygen atoms in total. The highest BCUT2D eigenvalue weighted by Gasteiger charge is 2.29. The zero-order chi connectivity index (χ0) is 21.8. The Kier molecular flexibility index (Phi) is 5.89. The number of fused-ring (bicyclic) bond motifs is 1. The van der Waals surface area contributed by atoms with Crippen molar-refractivity contribution in [2.45, 2.75) is 19.9 Å². The Morgan fingerprint density at radius 1 is 1.06 bits per heavy atom. The van der Waals surface area contributed by atoms with Crippen molar-refractivity contribution in [3.05, 3.63) is 84.2 Å². The fraction of sp³-hybridized carbons (Fsp3) is 0.200. The van der Waals surface area contributed by atoms with Gasteiger partial charge in [-0.1, -0.05) is 23.8 Å². The molecule has 1 atom stereocenters. The normalized spacial score (nSPS) is 11.8. The zero-order valence-corrected chi connectivity index (χ0v) is 17.8. The van der Waals surface area contributed by atoms with Crippen LogP contribution in [0.1, 0.15) is 24.2 Å². The highest BCUT2D eigenvalue weighted by atomic mass is 16.5. The van der Waals surface area contributed by atoms with Gasteiger partial charge in [0, 0.05) is 17.4 Å². The van der Waals surface area contributed by atoms with Crippen molar-refractivity contribution in [2.75, 3.05) is 19.0 Å². The third kappa shape index (κ3) is 4.23. The van der Waals surface area contributed by atoms with E-state index in [1.807, 2.05) is 84.3 Å². The number of nitrogens with zero attached hydrogens (tertiary/aromatic N) is 2. The number of anilines is 1. The second kappa shape index (κ2) is 8.92. The van der Waals surface area contributed by atoms with Crippen molar-refractivity contribution >= 4 is 17.3 Å². The molecule has 0 spiro atoms. The molecule has 2 aromatic carbocycles. The molecule has 0 fully saturated rings. The van der Waals surface area contributed by atoms with E-state index in [1.54, 1.807) is 14.0 Å². The Morgan fingerprint density at radius 2 is 1.81 bits per heavy atom. The van der Waals surface area contributed by atoms with Gasteiger partial charge in [0.1, 0.15) is 11.4 Å². The summed E-state index contributed by atoms with van der Waals surface area (Å²) in [7, 11) is 1.63. The van der Waals surface area contributed by atoms with Crippen molar-refractivity contribution in [3.63, 3.8) is 0 Å². The maximum atomic E-state index is 13.1. The summed E-state index contributed by atoms with van der Waals surface area (Å²) in [4.78, 5) is 17.9. The summed E-state index contributed by atoms with van der Waals surface area (Å²) < 4.78 is 12.7. The fourth-order valence-corrected chi connectivity index (χ4v) is 3.53. The second-order valence-corrected chi connectivity index (χ2v) is 7.20. The number of hydrogen-bond acceptors (Lipinski definition) is 5. The molecule has 1 N–H and O–H groups in total. The number of imidazole rings is 1. The van der Waals surface area contributed by atoms with Crippen molar-refractivity contribution in [1.82, 2.24) is 9.38 Å². The predicted molar refractivity (Wildman–Crippen MR) is 121 cm³/mol. The van der Waals surface area contributed by atoms with Gasteiger partial charge in [-0.3, -0.25) is 0 Å². The number of carbonyl (C=O) groups excluding carboxylic acids is 1. The molecule has 0 aliphatic rings. The molecule has 158 valence electrons. The van der Waals surface area contributed by atoms with Crippen LogP contribution in [0, 0.1) is 6.92 Å². The lowest BCUT2D eigenvalue weighted by atomic mass is 10.0. The average Bonchev–Trinajstić information content (AvgIpc) is 3.18. The van der Waals surface area contributed by atoms with Crippen LogP contribution in [-0.2, 0) is 9.53 Å². The summed E-state index contributed by atoms with van der Waals surface area (Å²) in [5, 5.41) is 3.36. The average molecular weight is 415 g/mol. The summed E-state index contributed by atoms with van der Waals surface area (Å²) in [6, 6.07) is 20.6. The van der Waals surface area contributed by atoms with E-state index in [0.29, 0.717) is 12.3 Å². The minimum atomic E-state index is -0.739. The number of methoxy groups -OCH3 is 1. The predicted octanol–water partition coefficient (Wildman–Crippen LogP) is 5.03. The van der Waals surface area contributed by atoms with E-state index in [-0.39, 0.29) is 5.97 Å². The monoisotopic (exact) mass is 415 g/mol. The number of nitrogens with one attached hydrogen (secondary N) is 1. The first-order chi connectivity index (χ1) is 15.1. The zero-order valence-electron chi connectivity index (χ0n) is 17.8. The van der Waals surface area contributed by atoms with Gasteiger partial charge in [-0.15, -0.1) is 0 Å². The first-order valence-electron chi connectivity index (χ1n) is 10.2. The minimum absolute atomic E-state index is 0.291. The quantitative estimate of drug-likeness (QED) is 0.429. The number of hydrogen-bond donors (Lipinski definition) is 1. The van der Waals surface area contributed by atoms with Gasteiger partial charge in [-0.25, -0.2) is 9.78 Å². The number of pyridine rings is 1. The van der Waals surface area contributed by atoms with E-state index in [2.05, 4.69) is 5.32 Å². The van der Waals surface area contributed by atoms with Crippen LogP contribution < -0.4 is 10.1 Å². The van der Waals surface area contributed by atoms with Gasteiger partial charge < -0.3 is 19.2 Å². The van der Waals surface area contributed by atoms with Gasteiger partial charge in [0.25, 0.3) is 0 Å². The van der Waals surface area contributed by atoms with E-state index in [4.69, 9.17) is 14.5 Å². The molecule has 0 amide bonds. The standard InChI is InChI=1S/C25H25N3O3/c1-4-31-25(29)23(26-19-12-8-17(2)9-13-19)24-22(18-10-14-20(30-3)15-11-18)27-21-7-5-6-16-28(21)24/h5-16,23,26H,4H2,1-3H3. The summed E-state index contributed by atoms with van der Waals surface area (Å²) in [6.45, 7) is 4.12. The molecule has 0 saturated heterocycles. The van der Waals surface area contributed by atoms with E-state index in [0.717, 1.165) is 33.9 Å². The molecule has 1 unspecified atom stereocenters. The number of ether oxygens (including phenoxy) is 2. The van der Waals surface area contributed by atoms with Gasteiger partial charge in [0.2, 0.25) is 0 Å². The molecule has 31 heavy (non-hydrogen) atoms. The van der Waals surface area contributed by atoms with Gasteiger partial charge >= 0.3 is 5.97 Å². The van der Waals surface area contributed by atoms with E-state index in [1.165, 1.54) is 0 Å². The smallest absolute Gasteiger partial charge is 0.334 e. The lowest BCUT2D eigenvalue weighted by Gasteiger charge is -2.20. The number of aryl methyl sites for hydroxylation is 1. The van der Waals surface area contributed by atoms with Crippen molar-refractivity contribution < 1.29 is 14.3 Å². The number of esters is 1. The molecule has 4 aromatic rings. The molecule has 2 heterocycles. The summed E-state index contributed by atoms with van der Waals surface area (Å²) in [5.41, 5.74) is 5.05. The van der Waals surface area contributed by atoms with Crippen molar-refractivity contribution in [2.24, 2.45) is 0 Å². The molecule has 2 aromatic heterocycles. The van der Waals surface area contributed by atoms with Gasteiger partial charge in [0.15, 0.2) is 6.04 Å². The molecule has 0 aliphatic heterocycles. The highest BCUT2D eigenvalue weighted by molar-refractivity contribution is 5.84. The van der Waals surface area contributed by atoms with E-state index < -0.39 is 6.04 Å². The van der Waals surface area contributed by atoms with Gasteiger partial charge in [-0.2, -0.15) is 0 Å². The van der Waals surface area contributed by atoms with Crippen molar-refractivity contribution in [1.29, 1.82) is 0 Å². The summed E-state index contributed by atoms with van der Waals surface area (Å²) in [6.07, 6.45) is 1.91. The Morgan fingerprint density at radius 3 is 2.48 bits per heavy atom. The van der Waals surface area contributed by atoms with Crippen LogP contribution >= 0.6 is 0 Å². The third-order valence-electron chi connectivity index (χ3n) is 5.09. The first kappa shape index (κ1) is 20.5. The van der Waals surface area contributed by atoms with Crippen LogP contribution in [0.5, 0.6) is 5.75 Å². The lowest BCUT2D eigenvalue weighted by molar-refractivity contribution is -0.144. The van der Waals surface area contributed by atoms with Crippen LogP contribution in [0.25, 0.3) is 16.9 Å². The Labute approximate surface area is 181 Å². The van der Waals surface area contributed by atoms with Gasteiger partial charge in [-0.05, 0) is 62.4 Å². The fourth-order valence-electron chi connectivity index (χ4n) is 3.53. The third-order valence-corrected chi connectivity index (χ3v) is 5.09. The first-order valence-corrected chi connectivity index (χ1v) is 10.2. The Bertz CT molecular complexity index is 1180. The maximum Gasteiger partial charge on any atom is 0.334 e. The molecule has 0 radical (unpaired) electrons. The molecule has 0 saturated carbocycles. The van der Waals surface area contributed by atoms with Crippen LogP contribution in [0.3, 0.4) is 0 Å². The Balaban J connectivity index is 1.87. The van der Waals surface area contributed by atoms with Gasteiger partial charge in [0.05, 0.1) is 25.1 Å². The SMILES string of the molecule is CCOC(=O)C(Nc1ccc(C)cc1)c1c(-c2ccc(OC)cc2)nc2ccccn12. The summed E-state index contributed by atoms with van der Waals surface area (Å²) in [5.74, 6) is 0.400. The van der Waals surface area contributed by atoms with E-state index in [9.17, 15) is 4.79 Å². The number of aromatic nitrogens is 2. The lowest BCUT2D eigenvalue weighted by Crippen LogP contribution is -2.25. The molecule has 0 bridgehead atoms. The number of carbonyl (C=O) groups is 1. The highest BCUT2D eigenvalue weighted by Crippen LogP contribution is 2.33.